The molecule has 128 valence electrons. The topological polar surface area (TPSA) is 66.9 Å². The Morgan fingerprint density at radius 2 is 1.79 bits per heavy atom. The van der Waals surface area contributed by atoms with Gasteiger partial charge in [0.15, 0.2) is 6.10 Å². The molecule has 0 N–H and O–H groups in total. The average Bonchev–Trinajstić information content (AvgIpc) is 3.25. The molecule has 2 aliphatic rings. The van der Waals surface area contributed by atoms with Crippen molar-refractivity contribution in [2.75, 3.05) is 24.5 Å². The van der Waals surface area contributed by atoms with Gasteiger partial charge in [-0.2, -0.15) is 0 Å². The van der Waals surface area contributed by atoms with Gasteiger partial charge in [-0.1, -0.05) is 12.1 Å². The fourth-order valence-corrected chi connectivity index (χ4v) is 3.25. The number of carbonyl (C=O) groups is 3. The fraction of sp³-hybridized carbons (Fsp3) is 0.500. The van der Waals surface area contributed by atoms with Crippen molar-refractivity contribution in [2.24, 2.45) is 0 Å². The quantitative estimate of drug-likeness (QED) is 0.792. The van der Waals surface area contributed by atoms with Gasteiger partial charge in [0.2, 0.25) is 5.91 Å². The first kappa shape index (κ1) is 16.5. The minimum absolute atomic E-state index is 0.0106. The predicted molar refractivity (Wildman–Crippen MR) is 88.7 cm³/mol. The van der Waals surface area contributed by atoms with Crippen molar-refractivity contribution >= 4 is 23.5 Å². The van der Waals surface area contributed by atoms with Crippen LogP contribution in [0.2, 0.25) is 0 Å². The molecule has 3 rings (SSSR count). The molecular weight excluding hydrogens is 308 g/mol. The number of anilines is 1. The molecular formula is C18H22N2O4. The number of carbonyl (C=O) groups excluding carboxylic acids is 3. The summed E-state index contributed by atoms with van der Waals surface area (Å²) in [5.41, 5.74) is 0.889. The van der Waals surface area contributed by atoms with Crippen molar-refractivity contribution in [3.8, 4) is 0 Å². The number of ether oxygens (including phenoxy) is 1. The van der Waals surface area contributed by atoms with Gasteiger partial charge in [-0.05, 0) is 38.3 Å². The standard InChI is InChI=1S/C18H22N2O4/c1-13(17(22)19-10-4-5-11-19)24-18(23)14-7-2-3-8-15(14)20-12-6-9-16(20)21/h2-3,7-8,13H,4-6,9-12H2,1H3/t13-/m1/s1. The second-order valence-corrected chi connectivity index (χ2v) is 6.25. The van der Waals surface area contributed by atoms with E-state index in [1.54, 1.807) is 41.0 Å². The highest BCUT2D eigenvalue weighted by Gasteiger charge is 2.29. The molecule has 0 radical (unpaired) electrons. The van der Waals surface area contributed by atoms with Gasteiger partial charge < -0.3 is 14.5 Å². The molecule has 0 spiro atoms. The molecule has 0 aliphatic carbocycles. The molecule has 0 bridgehead atoms. The molecule has 1 atom stereocenters. The highest BCUT2D eigenvalue weighted by atomic mass is 16.5. The van der Waals surface area contributed by atoms with Crippen LogP contribution in [0.1, 0.15) is 43.0 Å². The number of esters is 1. The summed E-state index contributed by atoms with van der Waals surface area (Å²) < 4.78 is 5.38. The summed E-state index contributed by atoms with van der Waals surface area (Å²) >= 11 is 0. The highest BCUT2D eigenvalue weighted by Crippen LogP contribution is 2.26. The van der Waals surface area contributed by atoms with Gasteiger partial charge in [-0.3, -0.25) is 9.59 Å². The molecule has 0 unspecified atom stereocenters. The zero-order valence-electron chi connectivity index (χ0n) is 13.9. The van der Waals surface area contributed by atoms with E-state index in [0.717, 1.165) is 32.4 Å². The van der Waals surface area contributed by atoms with Crippen LogP contribution in [0, 0.1) is 0 Å². The molecule has 24 heavy (non-hydrogen) atoms. The van der Waals surface area contributed by atoms with E-state index in [1.165, 1.54) is 0 Å². The monoisotopic (exact) mass is 330 g/mol. The second-order valence-electron chi connectivity index (χ2n) is 6.25. The normalized spacial score (nSPS) is 18.8. The molecule has 6 nitrogen and oxygen atoms in total. The maximum atomic E-state index is 12.5. The summed E-state index contributed by atoms with van der Waals surface area (Å²) in [6.07, 6.45) is 2.44. The molecule has 2 amide bonds. The predicted octanol–water partition coefficient (Wildman–Crippen LogP) is 1.98. The molecule has 2 aliphatic heterocycles. The van der Waals surface area contributed by atoms with Crippen molar-refractivity contribution < 1.29 is 19.1 Å². The van der Waals surface area contributed by atoms with Crippen molar-refractivity contribution in [1.82, 2.24) is 4.90 Å². The summed E-state index contributed by atoms with van der Waals surface area (Å²) in [5, 5.41) is 0. The number of rotatable bonds is 4. The average molecular weight is 330 g/mol. The first-order chi connectivity index (χ1) is 11.6. The van der Waals surface area contributed by atoms with Crippen molar-refractivity contribution in [3.05, 3.63) is 29.8 Å². The fourth-order valence-electron chi connectivity index (χ4n) is 3.25. The Labute approximate surface area is 141 Å². The molecule has 6 heteroatoms. The summed E-state index contributed by atoms with van der Waals surface area (Å²) in [6, 6.07) is 6.90. The summed E-state index contributed by atoms with van der Waals surface area (Å²) in [7, 11) is 0. The lowest BCUT2D eigenvalue weighted by atomic mass is 10.1. The lowest BCUT2D eigenvalue weighted by molar-refractivity contribution is -0.138. The molecule has 1 aromatic carbocycles. The first-order valence-electron chi connectivity index (χ1n) is 8.47. The van der Waals surface area contributed by atoms with Crippen LogP contribution in [-0.2, 0) is 14.3 Å². The SMILES string of the molecule is C[C@@H](OC(=O)c1ccccc1N1CCCC1=O)C(=O)N1CCCC1. The van der Waals surface area contributed by atoms with E-state index in [0.29, 0.717) is 24.2 Å². The Kier molecular flexibility index (Phi) is 4.83. The number of para-hydroxylation sites is 1. The first-order valence-corrected chi connectivity index (χ1v) is 8.47. The largest absolute Gasteiger partial charge is 0.449 e. The zero-order valence-corrected chi connectivity index (χ0v) is 13.9. The number of hydrogen-bond donors (Lipinski definition) is 0. The third-order valence-corrected chi connectivity index (χ3v) is 4.54. The summed E-state index contributed by atoms with van der Waals surface area (Å²) in [4.78, 5) is 40.1. The second kappa shape index (κ2) is 7.03. The van der Waals surface area contributed by atoms with Crippen LogP contribution in [0.3, 0.4) is 0 Å². The van der Waals surface area contributed by atoms with Crippen molar-refractivity contribution in [3.63, 3.8) is 0 Å². The zero-order chi connectivity index (χ0) is 17.1. The van der Waals surface area contributed by atoms with Gasteiger partial charge in [0.05, 0.1) is 11.3 Å². The Morgan fingerprint density at radius 3 is 2.46 bits per heavy atom. The number of amides is 2. The lowest BCUT2D eigenvalue weighted by Gasteiger charge is -2.22. The van der Waals surface area contributed by atoms with E-state index in [9.17, 15) is 14.4 Å². The van der Waals surface area contributed by atoms with Crippen LogP contribution in [-0.4, -0.2) is 48.4 Å². The van der Waals surface area contributed by atoms with E-state index >= 15 is 0 Å². The van der Waals surface area contributed by atoms with Crippen LogP contribution in [0.25, 0.3) is 0 Å². The maximum Gasteiger partial charge on any atom is 0.341 e. The molecule has 2 saturated heterocycles. The minimum Gasteiger partial charge on any atom is -0.449 e. The van der Waals surface area contributed by atoms with Crippen LogP contribution in [0.15, 0.2) is 24.3 Å². The molecule has 2 fully saturated rings. The van der Waals surface area contributed by atoms with Gasteiger partial charge in [-0.25, -0.2) is 4.79 Å². The van der Waals surface area contributed by atoms with E-state index in [-0.39, 0.29) is 11.8 Å². The van der Waals surface area contributed by atoms with E-state index in [2.05, 4.69) is 0 Å². The third-order valence-electron chi connectivity index (χ3n) is 4.54. The van der Waals surface area contributed by atoms with Crippen molar-refractivity contribution in [2.45, 2.75) is 38.7 Å². The smallest absolute Gasteiger partial charge is 0.341 e. The Hall–Kier alpha value is -2.37. The Bertz CT molecular complexity index is 652. The lowest BCUT2D eigenvalue weighted by Crippen LogP contribution is -2.38. The molecule has 1 aromatic rings. The van der Waals surface area contributed by atoms with Gasteiger partial charge in [0, 0.05) is 26.1 Å². The van der Waals surface area contributed by atoms with Crippen molar-refractivity contribution in [1.29, 1.82) is 0 Å². The number of likely N-dealkylation sites (tertiary alicyclic amines) is 1. The molecule has 0 aromatic heterocycles. The molecule has 0 saturated carbocycles. The summed E-state index contributed by atoms with van der Waals surface area (Å²) in [5.74, 6) is -0.711. The Morgan fingerprint density at radius 1 is 1.08 bits per heavy atom. The van der Waals surface area contributed by atoms with Crippen LogP contribution in [0.4, 0.5) is 5.69 Å². The Balaban J connectivity index is 1.73. The van der Waals surface area contributed by atoms with Gasteiger partial charge >= 0.3 is 5.97 Å². The van der Waals surface area contributed by atoms with E-state index < -0.39 is 12.1 Å². The van der Waals surface area contributed by atoms with Crippen LogP contribution >= 0.6 is 0 Å². The van der Waals surface area contributed by atoms with Gasteiger partial charge in [0.1, 0.15) is 0 Å². The maximum absolute atomic E-state index is 12.5. The number of nitrogens with zero attached hydrogens (tertiary/aromatic N) is 2. The highest BCUT2D eigenvalue weighted by molar-refractivity contribution is 6.04. The number of hydrogen-bond acceptors (Lipinski definition) is 4. The minimum atomic E-state index is -0.821. The molecule has 2 heterocycles. The van der Waals surface area contributed by atoms with Crippen LogP contribution < -0.4 is 4.90 Å². The van der Waals surface area contributed by atoms with Crippen LogP contribution in [0.5, 0.6) is 0 Å². The summed E-state index contributed by atoms with van der Waals surface area (Å²) in [6.45, 7) is 3.65. The van der Waals surface area contributed by atoms with E-state index in [1.807, 2.05) is 0 Å². The van der Waals surface area contributed by atoms with Gasteiger partial charge in [-0.15, -0.1) is 0 Å². The van der Waals surface area contributed by atoms with Gasteiger partial charge in [0.25, 0.3) is 5.91 Å². The van der Waals surface area contributed by atoms with E-state index in [4.69, 9.17) is 4.74 Å². The third kappa shape index (κ3) is 3.27. The number of benzene rings is 1.